The quantitative estimate of drug-likeness (QED) is 0.309. The van der Waals surface area contributed by atoms with Crippen LogP contribution >= 0.6 is 0 Å². The molecule has 5 rings (SSSR count). The lowest BCUT2D eigenvalue weighted by Gasteiger charge is -2.31. The number of alkyl halides is 3. The van der Waals surface area contributed by atoms with E-state index in [0.29, 0.717) is 16.8 Å². The second-order valence-electron chi connectivity index (χ2n) is 9.08. The summed E-state index contributed by atoms with van der Waals surface area (Å²) in [4.78, 5) is 20.0. The number of amides is 1. The van der Waals surface area contributed by atoms with Gasteiger partial charge in [-0.05, 0) is 72.0 Å². The Hall–Kier alpha value is -4.13. The van der Waals surface area contributed by atoms with Gasteiger partial charge in [-0.1, -0.05) is 42.5 Å². The SMILES string of the molecule is O=C(Nc1ccc2c(c1)CCCN2CCc1ccccn1)c1cc(C(F)(F)F)ccc1-c1ccccc1. The maximum atomic E-state index is 13.4. The molecule has 0 saturated carbocycles. The molecule has 2 heterocycles. The minimum Gasteiger partial charge on any atom is -0.371 e. The maximum absolute atomic E-state index is 13.4. The van der Waals surface area contributed by atoms with Gasteiger partial charge in [-0.15, -0.1) is 0 Å². The van der Waals surface area contributed by atoms with Crippen molar-refractivity contribution in [1.29, 1.82) is 0 Å². The van der Waals surface area contributed by atoms with Gasteiger partial charge in [-0.2, -0.15) is 13.2 Å². The molecule has 1 aliphatic rings. The van der Waals surface area contributed by atoms with Gasteiger partial charge in [-0.3, -0.25) is 9.78 Å². The van der Waals surface area contributed by atoms with Crippen LogP contribution in [0.2, 0.25) is 0 Å². The van der Waals surface area contributed by atoms with Crippen LogP contribution in [-0.4, -0.2) is 24.0 Å². The van der Waals surface area contributed by atoms with Gasteiger partial charge >= 0.3 is 6.18 Å². The molecule has 4 nitrogen and oxygen atoms in total. The Kier molecular flexibility index (Phi) is 6.95. The standard InChI is InChI=1S/C30H26F3N3O/c31-30(32,33)23-11-13-26(21-7-2-1-3-8-21)27(20-23)29(37)35-25-12-14-28-22(19-25)9-6-17-36(28)18-15-24-10-4-5-16-34-24/h1-5,7-8,10-14,16,19-20H,6,9,15,17-18H2,(H,35,37). The molecule has 3 aromatic carbocycles. The van der Waals surface area contributed by atoms with Crippen LogP contribution in [0.4, 0.5) is 24.5 Å². The first kappa shape index (κ1) is 24.6. The molecule has 0 spiro atoms. The molecule has 0 fully saturated rings. The normalized spacial score (nSPS) is 13.2. The second kappa shape index (κ2) is 10.5. The molecule has 1 aromatic heterocycles. The molecule has 1 N–H and O–H groups in total. The summed E-state index contributed by atoms with van der Waals surface area (Å²) in [5.74, 6) is -0.576. The summed E-state index contributed by atoms with van der Waals surface area (Å²) in [6.07, 6.45) is -0.0657. The van der Waals surface area contributed by atoms with Crippen molar-refractivity contribution in [3.63, 3.8) is 0 Å². The predicted molar refractivity (Wildman–Crippen MR) is 140 cm³/mol. The first-order chi connectivity index (χ1) is 17.9. The lowest BCUT2D eigenvalue weighted by Crippen LogP contribution is -2.31. The van der Waals surface area contributed by atoms with E-state index in [2.05, 4.69) is 15.2 Å². The number of hydrogen-bond acceptors (Lipinski definition) is 3. The third kappa shape index (κ3) is 5.66. The summed E-state index contributed by atoms with van der Waals surface area (Å²) in [5, 5.41) is 2.84. The highest BCUT2D eigenvalue weighted by Crippen LogP contribution is 2.34. The molecule has 1 amide bonds. The molecule has 0 aliphatic carbocycles. The van der Waals surface area contributed by atoms with Gasteiger partial charge < -0.3 is 10.2 Å². The zero-order valence-corrected chi connectivity index (χ0v) is 20.1. The summed E-state index contributed by atoms with van der Waals surface area (Å²) >= 11 is 0. The van der Waals surface area contributed by atoms with Crippen molar-refractivity contribution in [3.8, 4) is 11.1 Å². The van der Waals surface area contributed by atoms with E-state index in [0.717, 1.165) is 61.4 Å². The number of nitrogens with zero attached hydrogens (tertiary/aromatic N) is 2. The monoisotopic (exact) mass is 501 g/mol. The number of rotatable bonds is 6. The lowest BCUT2D eigenvalue weighted by atomic mass is 9.96. The number of carbonyl (C=O) groups is 1. The highest BCUT2D eigenvalue weighted by Gasteiger charge is 2.32. The van der Waals surface area contributed by atoms with Crippen molar-refractivity contribution in [2.45, 2.75) is 25.4 Å². The molecule has 37 heavy (non-hydrogen) atoms. The second-order valence-corrected chi connectivity index (χ2v) is 9.08. The van der Waals surface area contributed by atoms with Crippen molar-refractivity contribution >= 4 is 17.3 Å². The van der Waals surface area contributed by atoms with E-state index in [1.807, 2.05) is 42.5 Å². The Balaban J connectivity index is 1.38. The lowest BCUT2D eigenvalue weighted by molar-refractivity contribution is -0.137. The number of benzene rings is 3. The van der Waals surface area contributed by atoms with Crippen molar-refractivity contribution in [3.05, 3.63) is 114 Å². The molecule has 0 bridgehead atoms. The Morgan fingerprint density at radius 1 is 0.946 bits per heavy atom. The smallest absolute Gasteiger partial charge is 0.371 e. The van der Waals surface area contributed by atoms with Crippen LogP contribution in [0.5, 0.6) is 0 Å². The van der Waals surface area contributed by atoms with Gasteiger partial charge in [0, 0.05) is 48.3 Å². The van der Waals surface area contributed by atoms with Gasteiger partial charge in [0.2, 0.25) is 0 Å². The molecule has 7 heteroatoms. The molecule has 0 saturated heterocycles. The van der Waals surface area contributed by atoms with E-state index < -0.39 is 17.6 Å². The van der Waals surface area contributed by atoms with Crippen LogP contribution in [0.15, 0.2) is 91.1 Å². The molecule has 0 atom stereocenters. The highest BCUT2D eigenvalue weighted by atomic mass is 19.4. The van der Waals surface area contributed by atoms with Gasteiger partial charge in [0.15, 0.2) is 0 Å². The minimum atomic E-state index is -4.55. The Labute approximate surface area is 213 Å². The third-order valence-electron chi connectivity index (χ3n) is 6.59. The number of fused-ring (bicyclic) bond motifs is 1. The van der Waals surface area contributed by atoms with Crippen LogP contribution in [0.3, 0.4) is 0 Å². The Bertz CT molecular complexity index is 1390. The van der Waals surface area contributed by atoms with E-state index in [1.54, 1.807) is 30.5 Å². The average molecular weight is 502 g/mol. The van der Waals surface area contributed by atoms with Crippen LogP contribution < -0.4 is 10.2 Å². The van der Waals surface area contributed by atoms with E-state index in [1.165, 1.54) is 6.07 Å². The fourth-order valence-corrected chi connectivity index (χ4v) is 4.76. The number of pyridine rings is 1. The van der Waals surface area contributed by atoms with E-state index >= 15 is 0 Å². The number of halogens is 3. The number of nitrogens with one attached hydrogen (secondary N) is 1. The molecule has 1 aliphatic heterocycles. The Morgan fingerprint density at radius 2 is 1.76 bits per heavy atom. The number of aromatic nitrogens is 1. The summed E-state index contributed by atoms with van der Waals surface area (Å²) in [7, 11) is 0. The first-order valence-electron chi connectivity index (χ1n) is 12.2. The van der Waals surface area contributed by atoms with Crippen LogP contribution in [0, 0.1) is 0 Å². The van der Waals surface area contributed by atoms with Crippen molar-refractivity contribution in [2.24, 2.45) is 0 Å². The van der Waals surface area contributed by atoms with Crippen LogP contribution in [0.1, 0.15) is 33.6 Å². The number of aryl methyl sites for hydroxylation is 1. The van der Waals surface area contributed by atoms with E-state index in [9.17, 15) is 18.0 Å². The predicted octanol–water partition coefficient (Wildman–Crippen LogP) is 7.02. The van der Waals surface area contributed by atoms with Gasteiger partial charge in [0.05, 0.1) is 5.56 Å². The minimum absolute atomic E-state index is 0.0178. The molecular formula is C30H26F3N3O. The summed E-state index contributed by atoms with van der Waals surface area (Å²) in [6.45, 7) is 1.77. The largest absolute Gasteiger partial charge is 0.416 e. The van der Waals surface area contributed by atoms with Crippen LogP contribution in [-0.2, 0) is 19.0 Å². The van der Waals surface area contributed by atoms with Crippen molar-refractivity contribution in [1.82, 2.24) is 4.98 Å². The number of hydrogen-bond donors (Lipinski definition) is 1. The molecular weight excluding hydrogens is 475 g/mol. The van der Waals surface area contributed by atoms with Gasteiger partial charge in [0.25, 0.3) is 5.91 Å². The summed E-state index contributed by atoms with van der Waals surface area (Å²) in [6, 6.07) is 23.9. The van der Waals surface area contributed by atoms with Crippen LogP contribution in [0.25, 0.3) is 11.1 Å². The zero-order valence-electron chi connectivity index (χ0n) is 20.1. The number of carbonyl (C=O) groups excluding carboxylic acids is 1. The number of anilines is 2. The summed E-state index contributed by atoms with van der Waals surface area (Å²) < 4.78 is 40.3. The van der Waals surface area contributed by atoms with Crippen molar-refractivity contribution in [2.75, 3.05) is 23.3 Å². The first-order valence-corrected chi connectivity index (χ1v) is 12.2. The molecule has 0 unspecified atom stereocenters. The average Bonchev–Trinajstić information content (AvgIpc) is 2.92. The summed E-state index contributed by atoms with van der Waals surface area (Å²) in [5.41, 5.74) is 4.07. The van der Waals surface area contributed by atoms with Gasteiger partial charge in [0.1, 0.15) is 0 Å². The highest BCUT2D eigenvalue weighted by molar-refractivity contribution is 6.09. The van der Waals surface area contributed by atoms with Crippen molar-refractivity contribution < 1.29 is 18.0 Å². The Morgan fingerprint density at radius 3 is 2.51 bits per heavy atom. The molecule has 0 radical (unpaired) electrons. The zero-order chi connectivity index (χ0) is 25.8. The third-order valence-corrected chi connectivity index (χ3v) is 6.59. The fraction of sp³-hybridized carbons (Fsp3) is 0.200. The molecule has 4 aromatic rings. The topological polar surface area (TPSA) is 45.2 Å². The van der Waals surface area contributed by atoms with E-state index in [4.69, 9.17) is 0 Å². The van der Waals surface area contributed by atoms with Gasteiger partial charge in [-0.25, -0.2) is 0 Å². The fourth-order valence-electron chi connectivity index (χ4n) is 4.76. The van der Waals surface area contributed by atoms with E-state index in [-0.39, 0.29) is 5.56 Å². The molecule has 188 valence electrons. The maximum Gasteiger partial charge on any atom is 0.416 e.